The van der Waals surface area contributed by atoms with E-state index in [9.17, 15) is 4.79 Å². The van der Waals surface area contributed by atoms with Crippen molar-refractivity contribution in [3.05, 3.63) is 78.9 Å². The standard InChI is InChI=1S/C21H27NO2.C2H6.C2H4/c1-3-7-17(2)16-24-20-12-10-19(11-13-20)15-22-21(23)14-18-8-5-4-6-9-18;2*1-2/h4-6,8-13,17H,3,7,14-16H2,1-2H3,(H,22,23);1-2H3;1-2H2. The maximum absolute atomic E-state index is 12.0. The van der Waals surface area contributed by atoms with Gasteiger partial charge in [0, 0.05) is 6.54 Å². The molecule has 0 bridgehead atoms. The fourth-order valence-corrected chi connectivity index (χ4v) is 2.56. The van der Waals surface area contributed by atoms with Gasteiger partial charge in [-0.15, -0.1) is 13.2 Å². The zero-order valence-corrected chi connectivity index (χ0v) is 18.0. The van der Waals surface area contributed by atoms with Gasteiger partial charge in [0.2, 0.25) is 5.91 Å². The summed E-state index contributed by atoms with van der Waals surface area (Å²) in [6, 6.07) is 17.7. The van der Waals surface area contributed by atoms with Crippen molar-refractivity contribution < 1.29 is 9.53 Å². The summed E-state index contributed by atoms with van der Waals surface area (Å²) in [4.78, 5) is 12.0. The van der Waals surface area contributed by atoms with Crippen LogP contribution in [-0.2, 0) is 17.8 Å². The smallest absolute Gasteiger partial charge is 0.224 e. The molecule has 0 radical (unpaired) electrons. The van der Waals surface area contributed by atoms with Crippen molar-refractivity contribution in [2.75, 3.05) is 6.61 Å². The predicted molar refractivity (Wildman–Crippen MR) is 121 cm³/mol. The minimum atomic E-state index is 0.0370. The highest BCUT2D eigenvalue weighted by atomic mass is 16.5. The summed E-state index contributed by atoms with van der Waals surface area (Å²) in [6.07, 6.45) is 2.79. The van der Waals surface area contributed by atoms with Crippen molar-refractivity contribution in [2.45, 2.75) is 53.5 Å². The Morgan fingerprint density at radius 2 is 1.61 bits per heavy atom. The number of benzene rings is 2. The van der Waals surface area contributed by atoms with E-state index >= 15 is 0 Å². The Balaban J connectivity index is 0.00000171. The molecule has 0 heterocycles. The van der Waals surface area contributed by atoms with E-state index in [0.29, 0.717) is 18.9 Å². The lowest BCUT2D eigenvalue weighted by Crippen LogP contribution is -2.24. The van der Waals surface area contributed by atoms with Gasteiger partial charge in [0.15, 0.2) is 0 Å². The van der Waals surface area contributed by atoms with E-state index in [4.69, 9.17) is 4.74 Å². The Hall–Kier alpha value is -2.55. The van der Waals surface area contributed by atoms with Gasteiger partial charge >= 0.3 is 0 Å². The predicted octanol–water partition coefficient (Wildman–Crippen LogP) is 6.19. The van der Waals surface area contributed by atoms with E-state index in [2.05, 4.69) is 32.3 Å². The molecule has 0 saturated heterocycles. The fourth-order valence-electron chi connectivity index (χ4n) is 2.56. The summed E-state index contributed by atoms with van der Waals surface area (Å²) in [7, 11) is 0. The van der Waals surface area contributed by atoms with Gasteiger partial charge in [-0.05, 0) is 35.6 Å². The monoisotopic (exact) mass is 383 g/mol. The number of nitrogens with one attached hydrogen (secondary N) is 1. The van der Waals surface area contributed by atoms with E-state index in [-0.39, 0.29) is 5.91 Å². The topological polar surface area (TPSA) is 38.3 Å². The van der Waals surface area contributed by atoms with Crippen LogP contribution in [0.5, 0.6) is 5.75 Å². The molecule has 0 saturated carbocycles. The molecule has 3 nitrogen and oxygen atoms in total. The highest BCUT2D eigenvalue weighted by Crippen LogP contribution is 2.14. The minimum Gasteiger partial charge on any atom is -0.493 e. The molecule has 0 fully saturated rings. The van der Waals surface area contributed by atoms with Crippen molar-refractivity contribution in [1.82, 2.24) is 5.32 Å². The van der Waals surface area contributed by atoms with Crippen molar-refractivity contribution in [2.24, 2.45) is 5.92 Å². The van der Waals surface area contributed by atoms with Gasteiger partial charge in [0.05, 0.1) is 13.0 Å². The second-order valence-corrected chi connectivity index (χ2v) is 6.29. The van der Waals surface area contributed by atoms with E-state index in [0.717, 1.165) is 23.5 Å². The number of hydrogen-bond donors (Lipinski definition) is 1. The Morgan fingerprint density at radius 1 is 1.00 bits per heavy atom. The highest BCUT2D eigenvalue weighted by molar-refractivity contribution is 5.78. The Labute approximate surface area is 171 Å². The molecule has 28 heavy (non-hydrogen) atoms. The molecule has 2 aromatic carbocycles. The number of rotatable bonds is 9. The molecule has 0 aromatic heterocycles. The summed E-state index contributed by atoms with van der Waals surface area (Å²) in [5.74, 6) is 1.50. The Bertz CT molecular complexity index is 623. The van der Waals surface area contributed by atoms with Crippen LogP contribution in [0, 0.1) is 5.92 Å². The van der Waals surface area contributed by atoms with Crippen molar-refractivity contribution >= 4 is 5.91 Å². The minimum absolute atomic E-state index is 0.0370. The number of hydrogen-bond acceptors (Lipinski definition) is 2. The van der Waals surface area contributed by atoms with Gasteiger partial charge < -0.3 is 10.1 Å². The van der Waals surface area contributed by atoms with Gasteiger partial charge in [-0.3, -0.25) is 4.79 Å². The third-order valence-corrected chi connectivity index (χ3v) is 3.94. The van der Waals surface area contributed by atoms with Gasteiger partial charge in [-0.25, -0.2) is 0 Å². The zero-order chi connectivity index (χ0) is 21.2. The normalized spacial score (nSPS) is 10.4. The molecular formula is C25H37NO2. The molecule has 2 aromatic rings. The van der Waals surface area contributed by atoms with E-state index in [1.165, 1.54) is 12.8 Å². The molecule has 1 N–H and O–H groups in total. The lowest BCUT2D eigenvalue weighted by Gasteiger charge is -2.12. The molecule has 2 rings (SSSR count). The summed E-state index contributed by atoms with van der Waals surface area (Å²) in [5, 5.41) is 2.95. The third kappa shape index (κ3) is 11.2. The first-order valence-corrected chi connectivity index (χ1v) is 10.2. The maximum atomic E-state index is 12.0. The molecule has 1 unspecified atom stereocenters. The Kier molecular flexibility index (Phi) is 15.1. The average Bonchev–Trinajstić information content (AvgIpc) is 2.75. The second-order valence-electron chi connectivity index (χ2n) is 6.29. The molecule has 1 amide bonds. The molecule has 0 aliphatic heterocycles. The summed E-state index contributed by atoms with van der Waals surface area (Å²) in [5.41, 5.74) is 2.10. The first-order chi connectivity index (χ1) is 13.7. The molecule has 0 spiro atoms. The van der Waals surface area contributed by atoms with Crippen molar-refractivity contribution in [3.8, 4) is 5.75 Å². The Morgan fingerprint density at radius 3 is 2.18 bits per heavy atom. The van der Waals surface area contributed by atoms with Gasteiger partial charge in [-0.1, -0.05) is 76.6 Å². The van der Waals surface area contributed by atoms with Crippen LogP contribution < -0.4 is 10.1 Å². The van der Waals surface area contributed by atoms with Gasteiger partial charge in [0.1, 0.15) is 5.75 Å². The SMILES string of the molecule is C=C.CC.CCCC(C)COc1ccc(CNC(=O)Cc2ccccc2)cc1. The van der Waals surface area contributed by atoms with Gasteiger partial charge in [-0.2, -0.15) is 0 Å². The van der Waals surface area contributed by atoms with E-state index < -0.39 is 0 Å². The van der Waals surface area contributed by atoms with Crippen LogP contribution in [0.1, 0.15) is 51.7 Å². The van der Waals surface area contributed by atoms with Crippen LogP contribution in [0.4, 0.5) is 0 Å². The maximum Gasteiger partial charge on any atom is 0.224 e. The van der Waals surface area contributed by atoms with Gasteiger partial charge in [0.25, 0.3) is 0 Å². The van der Waals surface area contributed by atoms with Crippen LogP contribution in [0.15, 0.2) is 67.8 Å². The van der Waals surface area contributed by atoms with Crippen LogP contribution in [0.2, 0.25) is 0 Å². The second kappa shape index (κ2) is 16.6. The summed E-state index contributed by atoms with van der Waals surface area (Å²) >= 11 is 0. The molecular weight excluding hydrogens is 346 g/mol. The number of ether oxygens (including phenoxy) is 1. The van der Waals surface area contributed by atoms with Crippen molar-refractivity contribution in [1.29, 1.82) is 0 Å². The van der Waals surface area contributed by atoms with Crippen LogP contribution >= 0.6 is 0 Å². The fraction of sp³-hybridized carbons (Fsp3) is 0.400. The lowest BCUT2D eigenvalue weighted by molar-refractivity contribution is -0.120. The summed E-state index contributed by atoms with van der Waals surface area (Å²) < 4.78 is 5.79. The number of carbonyl (C=O) groups is 1. The van der Waals surface area contributed by atoms with Crippen LogP contribution in [-0.4, -0.2) is 12.5 Å². The highest BCUT2D eigenvalue weighted by Gasteiger charge is 2.04. The van der Waals surface area contributed by atoms with E-state index in [1.54, 1.807) is 0 Å². The molecule has 3 heteroatoms. The van der Waals surface area contributed by atoms with Crippen LogP contribution in [0.3, 0.4) is 0 Å². The lowest BCUT2D eigenvalue weighted by atomic mass is 10.1. The molecule has 1 atom stereocenters. The number of carbonyl (C=O) groups excluding carboxylic acids is 1. The first-order valence-electron chi connectivity index (χ1n) is 10.2. The van der Waals surface area contributed by atoms with Crippen molar-refractivity contribution in [3.63, 3.8) is 0 Å². The quantitative estimate of drug-likeness (QED) is 0.524. The number of amides is 1. The zero-order valence-electron chi connectivity index (χ0n) is 18.0. The first kappa shape index (κ1) is 25.4. The average molecular weight is 384 g/mol. The molecule has 0 aliphatic carbocycles. The van der Waals surface area contributed by atoms with Crippen LogP contribution in [0.25, 0.3) is 0 Å². The molecule has 0 aliphatic rings. The summed E-state index contributed by atoms with van der Waals surface area (Å²) in [6.45, 7) is 15.7. The third-order valence-electron chi connectivity index (χ3n) is 3.94. The molecule has 154 valence electrons. The van der Waals surface area contributed by atoms with E-state index in [1.807, 2.05) is 68.4 Å². The largest absolute Gasteiger partial charge is 0.493 e.